The van der Waals surface area contributed by atoms with Crippen molar-refractivity contribution in [3.8, 4) is 0 Å². The minimum Gasteiger partial charge on any atom is -0.344 e. The summed E-state index contributed by atoms with van der Waals surface area (Å²) in [5.41, 5.74) is 0.916. The lowest BCUT2D eigenvalue weighted by atomic mass is 9.80. The van der Waals surface area contributed by atoms with Crippen LogP contribution in [0.4, 0.5) is 4.39 Å². The largest absolute Gasteiger partial charge is 0.344 e. The zero-order valence-corrected chi connectivity index (χ0v) is 7.09. The van der Waals surface area contributed by atoms with E-state index in [2.05, 4.69) is 0 Å². The Morgan fingerprint density at radius 3 is 2.33 bits per heavy atom. The molecule has 0 saturated heterocycles. The van der Waals surface area contributed by atoms with Crippen LogP contribution in [-0.2, 0) is 0 Å². The predicted octanol–water partition coefficient (Wildman–Crippen LogP) is 3.26. The Morgan fingerprint density at radius 2 is 1.83 bits per heavy atom. The van der Waals surface area contributed by atoms with Crippen molar-refractivity contribution in [3.63, 3.8) is 0 Å². The summed E-state index contributed by atoms with van der Waals surface area (Å²) in [6.07, 6.45) is 3.60. The Morgan fingerprint density at radius 1 is 1.17 bits per heavy atom. The summed E-state index contributed by atoms with van der Waals surface area (Å²) in [5, 5.41) is 0. The molecule has 12 heavy (non-hydrogen) atoms. The van der Waals surface area contributed by atoms with Gasteiger partial charge < -0.3 is 6.15 Å². The molecular weight excluding hydrogens is 153 g/mol. The molecule has 0 heterocycles. The van der Waals surface area contributed by atoms with E-state index in [4.69, 9.17) is 0 Å². The molecule has 0 aliphatic heterocycles. The standard InChI is InChI=1S/C10H11F.H3N/c11-10-7-2-1-6-9(10)8-4-3-5-8;/h1-2,6-8H,3-5H2;1H3. The smallest absolute Gasteiger partial charge is 0.126 e. The van der Waals surface area contributed by atoms with Crippen LogP contribution in [0, 0.1) is 5.82 Å². The van der Waals surface area contributed by atoms with E-state index in [1.54, 1.807) is 12.1 Å². The zero-order valence-electron chi connectivity index (χ0n) is 7.09. The van der Waals surface area contributed by atoms with Gasteiger partial charge in [0.15, 0.2) is 0 Å². The topological polar surface area (TPSA) is 35.0 Å². The van der Waals surface area contributed by atoms with Crippen molar-refractivity contribution in [1.29, 1.82) is 0 Å². The molecule has 1 aliphatic rings. The summed E-state index contributed by atoms with van der Waals surface area (Å²) < 4.78 is 13.1. The second-order valence-corrected chi connectivity index (χ2v) is 3.15. The highest BCUT2D eigenvalue weighted by molar-refractivity contribution is 5.23. The maximum Gasteiger partial charge on any atom is 0.126 e. The van der Waals surface area contributed by atoms with E-state index >= 15 is 0 Å². The van der Waals surface area contributed by atoms with Gasteiger partial charge in [-0.3, -0.25) is 0 Å². The molecular formula is C10H14FN. The van der Waals surface area contributed by atoms with Crippen molar-refractivity contribution in [2.24, 2.45) is 0 Å². The molecule has 0 atom stereocenters. The van der Waals surface area contributed by atoms with Gasteiger partial charge in [0, 0.05) is 0 Å². The quantitative estimate of drug-likeness (QED) is 0.684. The normalized spacial score (nSPS) is 16.4. The maximum absolute atomic E-state index is 13.1. The van der Waals surface area contributed by atoms with Crippen molar-refractivity contribution in [1.82, 2.24) is 6.15 Å². The molecule has 66 valence electrons. The molecule has 0 unspecified atom stereocenters. The van der Waals surface area contributed by atoms with Gasteiger partial charge in [0.1, 0.15) is 5.82 Å². The third-order valence-electron chi connectivity index (χ3n) is 2.45. The minimum atomic E-state index is -0.0304. The van der Waals surface area contributed by atoms with Gasteiger partial charge in [-0.1, -0.05) is 24.6 Å². The van der Waals surface area contributed by atoms with E-state index in [1.807, 2.05) is 12.1 Å². The van der Waals surface area contributed by atoms with Crippen molar-refractivity contribution in [2.75, 3.05) is 0 Å². The average molecular weight is 167 g/mol. The minimum absolute atomic E-state index is 0. The zero-order chi connectivity index (χ0) is 7.68. The van der Waals surface area contributed by atoms with Crippen LogP contribution < -0.4 is 6.15 Å². The number of halogens is 1. The van der Waals surface area contributed by atoms with Crippen molar-refractivity contribution >= 4 is 0 Å². The molecule has 1 saturated carbocycles. The lowest BCUT2D eigenvalue weighted by Gasteiger charge is -2.25. The fraction of sp³-hybridized carbons (Fsp3) is 0.400. The van der Waals surface area contributed by atoms with Gasteiger partial charge in [-0.15, -0.1) is 0 Å². The number of rotatable bonds is 1. The highest BCUT2D eigenvalue weighted by atomic mass is 19.1. The third kappa shape index (κ3) is 1.48. The van der Waals surface area contributed by atoms with E-state index in [9.17, 15) is 4.39 Å². The van der Waals surface area contributed by atoms with Crippen LogP contribution in [0.3, 0.4) is 0 Å². The number of hydrogen-bond donors (Lipinski definition) is 1. The first-order valence-electron chi connectivity index (χ1n) is 4.12. The van der Waals surface area contributed by atoms with Gasteiger partial charge in [0.2, 0.25) is 0 Å². The summed E-state index contributed by atoms with van der Waals surface area (Å²) in [5.74, 6) is 0.480. The van der Waals surface area contributed by atoms with E-state index < -0.39 is 0 Å². The van der Waals surface area contributed by atoms with Crippen molar-refractivity contribution < 1.29 is 4.39 Å². The van der Waals surface area contributed by atoms with Crippen LogP contribution in [0.5, 0.6) is 0 Å². The van der Waals surface area contributed by atoms with E-state index in [0.717, 1.165) is 5.56 Å². The number of benzene rings is 1. The van der Waals surface area contributed by atoms with Crippen LogP contribution in [0.25, 0.3) is 0 Å². The first-order valence-corrected chi connectivity index (χ1v) is 4.12. The summed E-state index contributed by atoms with van der Waals surface area (Å²) in [6, 6.07) is 7.11. The molecule has 0 amide bonds. The first-order chi connectivity index (χ1) is 5.38. The molecule has 0 radical (unpaired) electrons. The van der Waals surface area contributed by atoms with Crippen LogP contribution in [0.15, 0.2) is 24.3 Å². The van der Waals surface area contributed by atoms with Gasteiger partial charge in [-0.2, -0.15) is 0 Å². The van der Waals surface area contributed by atoms with Crippen molar-refractivity contribution in [2.45, 2.75) is 25.2 Å². The molecule has 0 aromatic heterocycles. The predicted molar refractivity (Wildman–Crippen MR) is 48.0 cm³/mol. The molecule has 2 heteroatoms. The van der Waals surface area contributed by atoms with Crippen LogP contribution >= 0.6 is 0 Å². The monoisotopic (exact) mass is 167 g/mol. The highest BCUT2D eigenvalue weighted by Crippen LogP contribution is 2.37. The van der Waals surface area contributed by atoms with Gasteiger partial charge in [-0.05, 0) is 30.4 Å². The van der Waals surface area contributed by atoms with Gasteiger partial charge in [0.25, 0.3) is 0 Å². The van der Waals surface area contributed by atoms with E-state index in [-0.39, 0.29) is 12.0 Å². The summed E-state index contributed by atoms with van der Waals surface area (Å²) in [4.78, 5) is 0. The third-order valence-corrected chi connectivity index (χ3v) is 2.45. The SMILES string of the molecule is Fc1ccccc1C1CCC1.N. The van der Waals surface area contributed by atoms with Gasteiger partial charge in [-0.25, -0.2) is 4.39 Å². The summed E-state index contributed by atoms with van der Waals surface area (Å²) >= 11 is 0. The highest BCUT2D eigenvalue weighted by Gasteiger charge is 2.21. The average Bonchev–Trinajstić information content (AvgIpc) is 1.90. The molecule has 1 fully saturated rings. The molecule has 0 spiro atoms. The Balaban J connectivity index is 0.000000720. The number of hydrogen-bond acceptors (Lipinski definition) is 1. The van der Waals surface area contributed by atoms with Crippen molar-refractivity contribution in [3.05, 3.63) is 35.6 Å². The molecule has 0 bridgehead atoms. The molecule has 2 rings (SSSR count). The summed E-state index contributed by atoms with van der Waals surface area (Å²) in [7, 11) is 0. The van der Waals surface area contributed by atoms with Gasteiger partial charge in [0.05, 0.1) is 0 Å². The Kier molecular flexibility index (Phi) is 2.82. The Hall–Kier alpha value is -0.890. The first kappa shape index (κ1) is 9.20. The fourth-order valence-corrected chi connectivity index (χ4v) is 1.53. The second kappa shape index (κ2) is 3.68. The summed E-state index contributed by atoms with van der Waals surface area (Å²) in [6.45, 7) is 0. The van der Waals surface area contributed by atoms with Crippen LogP contribution in [-0.4, -0.2) is 0 Å². The van der Waals surface area contributed by atoms with E-state index in [0.29, 0.717) is 5.92 Å². The van der Waals surface area contributed by atoms with E-state index in [1.165, 1.54) is 19.3 Å². The maximum atomic E-state index is 13.1. The molecule has 1 aromatic carbocycles. The molecule has 1 aliphatic carbocycles. The Bertz CT molecular complexity index is 256. The lowest BCUT2D eigenvalue weighted by molar-refractivity contribution is 0.404. The fourth-order valence-electron chi connectivity index (χ4n) is 1.53. The molecule has 1 nitrogen and oxygen atoms in total. The molecule has 3 N–H and O–H groups in total. The second-order valence-electron chi connectivity index (χ2n) is 3.15. The van der Waals surface area contributed by atoms with Crippen LogP contribution in [0.1, 0.15) is 30.7 Å². The molecule has 1 aromatic rings. The van der Waals surface area contributed by atoms with Crippen LogP contribution in [0.2, 0.25) is 0 Å². The van der Waals surface area contributed by atoms with Gasteiger partial charge >= 0.3 is 0 Å². The lowest BCUT2D eigenvalue weighted by Crippen LogP contribution is -2.10. The Labute approximate surface area is 72.2 Å².